The Balaban J connectivity index is 1.75. The van der Waals surface area contributed by atoms with Gasteiger partial charge in [-0.3, -0.25) is 9.97 Å². The lowest BCUT2D eigenvalue weighted by Gasteiger charge is -2.35. The first kappa shape index (κ1) is 24.6. The average molecular weight is 601 g/mol. The minimum atomic E-state index is -3.77. The summed E-state index contributed by atoms with van der Waals surface area (Å²) >= 11 is 0. The van der Waals surface area contributed by atoms with Crippen LogP contribution >= 0.6 is 0 Å². The van der Waals surface area contributed by atoms with Crippen LogP contribution in [0.3, 0.4) is 0 Å². The molecule has 0 radical (unpaired) electrons. The number of hydrogen-bond donors (Lipinski definition) is 0. The second kappa shape index (κ2) is 10.1. The van der Waals surface area contributed by atoms with Gasteiger partial charge in [-0.1, -0.05) is 0 Å². The van der Waals surface area contributed by atoms with Crippen molar-refractivity contribution in [3.05, 3.63) is 66.3 Å². The fourth-order valence-electron chi connectivity index (χ4n) is 6.09. The molecule has 0 aliphatic heterocycles. The van der Waals surface area contributed by atoms with Gasteiger partial charge in [-0.15, -0.1) is 0 Å². The Morgan fingerprint density at radius 2 is 1.90 bits per heavy atom. The Morgan fingerprint density at radius 3 is 2.57 bits per heavy atom. The van der Waals surface area contributed by atoms with Crippen LogP contribution in [0.4, 0.5) is 13.2 Å². The van der Waals surface area contributed by atoms with Crippen molar-refractivity contribution in [2.24, 2.45) is 13.0 Å². The van der Waals surface area contributed by atoms with E-state index in [0.717, 1.165) is 6.26 Å². The largest absolute Gasteiger partial charge is 0.496 e. The quantitative estimate of drug-likeness (QED) is 0.229. The van der Waals surface area contributed by atoms with E-state index in [1.807, 2.05) is 0 Å². The molecule has 0 amide bonds. The predicted molar refractivity (Wildman–Crippen MR) is 153 cm³/mol. The number of aromatic nitrogens is 5. The second-order valence-electron chi connectivity index (χ2n) is 10.8. The van der Waals surface area contributed by atoms with Gasteiger partial charge in [0, 0.05) is 48.2 Å². The van der Waals surface area contributed by atoms with Gasteiger partial charge in [-0.25, -0.2) is 26.6 Å². The maximum Gasteiger partial charge on any atom is 0.248 e. The highest BCUT2D eigenvalue weighted by molar-refractivity contribution is 7.90. The van der Waals surface area contributed by atoms with Crippen molar-refractivity contribution in [1.29, 1.82) is 0 Å². The molecule has 1 aromatic carbocycles. The monoisotopic (exact) mass is 600 g/mol. The van der Waals surface area contributed by atoms with Crippen LogP contribution in [0.15, 0.2) is 53.9 Å². The minimum absolute atomic E-state index is 0.00404. The average Bonchev–Trinajstić information content (AvgIpc) is 3.52. The van der Waals surface area contributed by atoms with E-state index in [9.17, 15) is 17.2 Å². The Kier molecular flexibility index (Phi) is 5.93. The summed E-state index contributed by atoms with van der Waals surface area (Å²) in [4.78, 5) is 13.1. The highest BCUT2D eigenvalue weighted by Gasteiger charge is 2.41. The number of benzene rings is 1. The molecule has 0 bridgehead atoms. The molecule has 0 N–H and O–H groups in total. The van der Waals surface area contributed by atoms with Gasteiger partial charge >= 0.3 is 0 Å². The van der Waals surface area contributed by atoms with Crippen molar-refractivity contribution in [2.75, 3.05) is 13.4 Å². The number of ether oxygens (including phenoxy) is 1. The standard InChI is InChI=1S/C30H30F3N5O3S/c1-17-28(37(2)16-36-17)19-12-23-27(35-15-19)25-22(13-20(42(4,39)40)14-24(25)41-3)38(23)29(26-21(31)6-5-11-34-26)18-7-9-30(32,33)10-8-18/h5-6,11-16,18,29H,7-10H2,1-4H3/i1D3. The third kappa shape index (κ3) is 4.71. The van der Waals surface area contributed by atoms with Crippen LogP contribution < -0.4 is 4.74 Å². The molecule has 12 heteroatoms. The molecular formula is C30H30F3N5O3S. The van der Waals surface area contributed by atoms with Crippen molar-refractivity contribution in [1.82, 2.24) is 24.1 Å². The van der Waals surface area contributed by atoms with Crippen LogP contribution in [0.25, 0.3) is 33.2 Å². The molecule has 8 nitrogen and oxygen atoms in total. The summed E-state index contributed by atoms with van der Waals surface area (Å²) in [7, 11) is -0.737. The van der Waals surface area contributed by atoms with E-state index in [4.69, 9.17) is 13.8 Å². The summed E-state index contributed by atoms with van der Waals surface area (Å²) < 4.78 is 103. The second-order valence-corrected chi connectivity index (χ2v) is 12.8. The summed E-state index contributed by atoms with van der Waals surface area (Å²) in [6, 6.07) is 6.22. The van der Waals surface area contributed by atoms with Gasteiger partial charge in [0.05, 0.1) is 63.4 Å². The third-order valence-electron chi connectivity index (χ3n) is 8.09. The number of aryl methyl sites for hydroxylation is 2. The van der Waals surface area contributed by atoms with Gasteiger partial charge in [-0.2, -0.15) is 0 Å². The number of methoxy groups -OCH3 is 1. The van der Waals surface area contributed by atoms with Crippen LogP contribution in [0.1, 0.15) is 47.2 Å². The highest BCUT2D eigenvalue weighted by atomic mass is 32.2. The van der Waals surface area contributed by atoms with Crippen LogP contribution in [-0.2, 0) is 16.9 Å². The Hall–Kier alpha value is -3.93. The number of pyridine rings is 2. The van der Waals surface area contributed by atoms with Gasteiger partial charge in [0.2, 0.25) is 5.92 Å². The molecule has 1 saturated carbocycles. The van der Waals surface area contributed by atoms with E-state index in [-0.39, 0.29) is 40.6 Å². The molecule has 1 aliphatic carbocycles. The first-order chi connectivity index (χ1) is 21.1. The summed E-state index contributed by atoms with van der Waals surface area (Å²) in [5, 5.41) is 0.426. The summed E-state index contributed by atoms with van der Waals surface area (Å²) in [5.74, 6) is -3.84. The van der Waals surface area contributed by atoms with Crippen LogP contribution in [-0.4, -0.2) is 51.8 Å². The number of rotatable bonds is 6. The number of fused-ring (bicyclic) bond motifs is 3. The SMILES string of the molecule is [2H]C([2H])([2H])c1ncn(C)c1-c1cnc2c3c(OC)cc(S(C)(=O)=O)cc3n(C(c3ncccc3F)C3CCC(F)(F)CC3)c2c1. The zero-order valence-electron chi connectivity index (χ0n) is 26.1. The molecule has 1 atom stereocenters. The topological polar surface area (TPSA) is 91.9 Å². The molecule has 4 aromatic heterocycles. The lowest BCUT2D eigenvalue weighted by atomic mass is 9.80. The van der Waals surface area contributed by atoms with Crippen molar-refractivity contribution < 1.29 is 30.4 Å². The summed E-state index contributed by atoms with van der Waals surface area (Å²) in [6.45, 7) is -2.54. The normalized spacial score (nSPS) is 18.1. The predicted octanol–water partition coefficient (Wildman–Crippen LogP) is 6.26. The zero-order valence-corrected chi connectivity index (χ0v) is 23.9. The van der Waals surface area contributed by atoms with Crippen molar-refractivity contribution in [2.45, 2.75) is 49.4 Å². The van der Waals surface area contributed by atoms with Crippen molar-refractivity contribution >= 4 is 31.8 Å². The van der Waals surface area contributed by atoms with E-state index < -0.39 is 53.2 Å². The lowest BCUT2D eigenvalue weighted by molar-refractivity contribution is -0.0495. The maximum atomic E-state index is 15.7. The smallest absolute Gasteiger partial charge is 0.248 e. The third-order valence-corrected chi connectivity index (χ3v) is 9.18. The molecule has 1 fully saturated rings. The van der Waals surface area contributed by atoms with E-state index >= 15 is 4.39 Å². The van der Waals surface area contributed by atoms with Gasteiger partial charge < -0.3 is 13.9 Å². The van der Waals surface area contributed by atoms with Crippen molar-refractivity contribution in [3.8, 4) is 17.0 Å². The molecule has 4 heterocycles. The first-order valence-electron chi connectivity index (χ1n) is 14.8. The van der Waals surface area contributed by atoms with E-state index in [2.05, 4.69) is 9.97 Å². The van der Waals surface area contributed by atoms with E-state index in [1.165, 1.54) is 50.1 Å². The number of sulfone groups is 1. The molecule has 6 rings (SSSR count). The molecule has 0 spiro atoms. The molecule has 1 aliphatic rings. The van der Waals surface area contributed by atoms with Gasteiger partial charge in [0.1, 0.15) is 11.6 Å². The lowest BCUT2D eigenvalue weighted by Crippen LogP contribution is -2.31. The summed E-state index contributed by atoms with van der Waals surface area (Å²) in [6.07, 6.45) is 4.63. The number of hydrogen-bond acceptors (Lipinski definition) is 6. The number of halogens is 3. The maximum absolute atomic E-state index is 15.7. The van der Waals surface area contributed by atoms with Gasteiger partial charge in [0.15, 0.2) is 9.84 Å². The fourth-order valence-corrected chi connectivity index (χ4v) is 6.74. The Labute approximate surface area is 245 Å². The van der Waals surface area contributed by atoms with E-state index in [1.54, 1.807) is 22.2 Å². The molecular weight excluding hydrogens is 567 g/mol. The van der Waals surface area contributed by atoms with Gasteiger partial charge in [0.25, 0.3) is 0 Å². The fraction of sp³-hybridized carbons (Fsp3) is 0.367. The number of imidazole rings is 1. The molecule has 1 unspecified atom stereocenters. The van der Waals surface area contributed by atoms with Crippen LogP contribution in [0, 0.1) is 18.6 Å². The molecule has 42 heavy (non-hydrogen) atoms. The number of nitrogens with zero attached hydrogens (tertiary/aromatic N) is 5. The minimum Gasteiger partial charge on any atom is -0.496 e. The number of alkyl halides is 2. The zero-order chi connectivity index (χ0) is 32.5. The van der Waals surface area contributed by atoms with Gasteiger partial charge in [-0.05, 0) is 55.9 Å². The molecule has 220 valence electrons. The molecule has 5 aromatic rings. The highest BCUT2D eigenvalue weighted by Crippen LogP contribution is 2.47. The Bertz CT molecular complexity index is 2050. The van der Waals surface area contributed by atoms with Crippen LogP contribution in [0.2, 0.25) is 0 Å². The van der Waals surface area contributed by atoms with Crippen molar-refractivity contribution in [3.63, 3.8) is 0 Å². The summed E-state index contributed by atoms with van der Waals surface area (Å²) in [5.41, 5.74) is 1.60. The molecule has 0 saturated heterocycles. The van der Waals surface area contributed by atoms with E-state index in [0.29, 0.717) is 27.5 Å². The Morgan fingerprint density at radius 1 is 1.14 bits per heavy atom. The van der Waals surface area contributed by atoms with Crippen LogP contribution in [0.5, 0.6) is 5.75 Å². The first-order valence-corrected chi connectivity index (χ1v) is 15.2.